The molecule has 0 N–H and O–H groups in total. The minimum Gasteiger partial charge on any atom is -0.204 e. The highest BCUT2D eigenvalue weighted by Gasteiger charge is 2.16. The summed E-state index contributed by atoms with van der Waals surface area (Å²) in [5.74, 6) is -3.84. The zero-order valence-corrected chi connectivity index (χ0v) is 7.65. The lowest BCUT2D eigenvalue weighted by atomic mass is 10.2. The fourth-order valence-electron chi connectivity index (χ4n) is 1.05. The van der Waals surface area contributed by atoms with E-state index in [-0.39, 0.29) is 15.1 Å². The molecule has 0 aliphatic carbocycles. The third-order valence-corrected chi connectivity index (χ3v) is 3.09. The van der Waals surface area contributed by atoms with Crippen LogP contribution in [0.25, 0.3) is 10.1 Å². The molecule has 1 aromatic heterocycles. The van der Waals surface area contributed by atoms with E-state index in [1.54, 1.807) is 0 Å². The van der Waals surface area contributed by atoms with Crippen molar-refractivity contribution in [2.24, 2.45) is 0 Å². The van der Waals surface area contributed by atoms with Crippen molar-refractivity contribution in [2.45, 2.75) is 0 Å². The van der Waals surface area contributed by atoms with E-state index in [0.717, 1.165) is 17.4 Å². The summed E-state index contributed by atoms with van der Waals surface area (Å²) in [4.78, 5) is 0. The molecular weight excluding hydrogens is 221 g/mol. The number of rotatable bonds is 0. The molecule has 0 bridgehead atoms. The minimum atomic E-state index is -1.45. The maximum Gasteiger partial charge on any atom is 0.195 e. The summed E-state index contributed by atoms with van der Waals surface area (Å²) >= 11 is 6.57. The topological polar surface area (TPSA) is 0 Å². The highest BCUT2D eigenvalue weighted by molar-refractivity contribution is 7.17. The van der Waals surface area contributed by atoms with E-state index < -0.39 is 17.5 Å². The average Bonchev–Trinajstić information content (AvgIpc) is 2.45. The molecule has 0 atom stereocenters. The zero-order chi connectivity index (χ0) is 9.59. The molecule has 0 saturated heterocycles. The summed E-state index contributed by atoms with van der Waals surface area (Å²) in [5, 5.41) is 1.88. The zero-order valence-electron chi connectivity index (χ0n) is 6.07. The highest BCUT2D eigenvalue weighted by Crippen LogP contribution is 2.33. The Hall–Kier alpha value is -0.740. The lowest BCUT2D eigenvalue weighted by Crippen LogP contribution is -1.89. The van der Waals surface area contributed by atoms with Gasteiger partial charge in [0, 0.05) is 10.8 Å². The van der Waals surface area contributed by atoms with Gasteiger partial charge >= 0.3 is 0 Å². The van der Waals surface area contributed by atoms with Crippen LogP contribution in [0.1, 0.15) is 0 Å². The van der Waals surface area contributed by atoms with Gasteiger partial charge in [-0.25, -0.2) is 13.2 Å². The van der Waals surface area contributed by atoms with Gasteiger partial charge in [0.25, 0.3) is 0 Å². The first-order valence-corrected chi connectivity index (χ1v) is 4.57. The van der Waals surface area contributed by atoms with Crippen LogP contribution < -0.4 is 0 Å². The number of hydrogen-bond donors (Lipinski definition) is 0. The van der Waals surface area contributed by atoms with Gasteiger partial charge in [0.05, 0.1) is 9.72 Å². The fourth-order valence-corrected chi connectivity index (χ4v) is 2.22. The monoisotopic (exact) mass is 222 g/mol. The van der Waals surface area contributed by atoms with Crippen molar-refractivity contribution in [3.05, 3.63) is 33.9 Å². The lowest BCUT2D eigenvalue weighted by Gasteiger charge is -1.96. The van der Waals surface area contributed by atoms with Crippen molar-refractivity contribution < 1.29 is 13.2 Å². The Labute approximate surface area is 80.6 Å². The van der Waals surface area contributed by atoms with E-state index in [4.69, 9.17) is 11.6 Å². The van der Waals surface area contributed by atoms with Crippen molar-refractivity contribution in [1.29, 1.82) is 0 Å². The maximum atomic E-state index is 13.0. The van der Waals surface area contributed by atoms with Gasteiger partial charge < -0.3 is 0 Å². The van der Waals surface area contributed by atoms with Crippen LogP contribution in [0, 0.1) is 17.5 Å². The Morgan fingerprint density at radius 2 is 1.85 bits per heavy atom. The molecule has 0 amide bonds. The predicted octanol–water partition coefficient (Wildman–Crippen LogP) is 3.97. The van der Waals surface area contributed by atoms with Crippen LogP contribution in [0.4, 0.5) is 13.2 Å². The number of thiophene rings is 1. The van der Waals surface area contributed by atoms with Gasteiger partial charge in [0.2, 0.25) is 0 Å². The second-order valence-electron chi connectivity index (χ2n) is 2.45. The molecule has 1 aromatic carbocycles. The molecule has 1 heterocycles. The molecule has 0 nitrogen and oxygen atoms in total. The van der Waals surface area contributed by atoms with Gasteiger partial charge in [-0.05, 0) is 6.07 Å². The van der Waals surface area contributed by atoms with Crippen LogP contribution in [-0.2, 0) is 0 Å². The first-order valence-electron chi connectivity index (χ1n) is 3.31. The van der Waals surface area contributed by atoms with Crippen molar-refractivity contribution in [3.63, 3.8) is 0 Å². The molecule has 13 heavy (non-hydrogen) atoms. The summed E-state index contributed by atoms with van der Waals surface area (Å²) in [7, 11) is 0. The van der Waals surface area contributed by atoms with E-state index >= 15 is 0 Å². The van der Waals surface area contributed by atoms with Crippen molar-refractivity contribution in [2.75, 3.05) is 0 Å². The summed E-state index contributed by atoms with van der Waals surface area (Å²) in [6, 6.07) is 0.895. The molecule has 0 aliphatic heterocycles. The predicted molar refractivity (Wildman–Crippen MR) is 46.7 cm³/mol. The van der Waals surface area contributed by atoms with E-state index in [0.29, 0.717) is 0 Å². The quantitative estimate of drug-likeness (QED) is 0.592. The van der Waals surface area contributed by atoms with Gasteiger partial charge in [-0.15, -0.1) is 11.3 Å². The SMILES string of the molecule is Fc1cc2c(Cl)csc2c(F)c1F. The van der Waals surface area contributed by atoms with Gasteiger partial charge in [-0.2, -0.15) is 0 Å². The number of benzene rings is 1. The maximum absolute atomic E-state index is 13.0. The fraction of sp³-hybridized carbons (Fsp3) is 0. The molecule has 0 radical (unpaired) electrons. The van der Waals surface area contributed by atoms with Crippen LogP contribution in [0.2, 0.25) is 5.02 Å². The number of halogens is 4. The minimum absolute atomic E-state index is 0.0453. The van der Waals surface area contributed by atoms with E-state index in [9.17, 15) is 13.2 Å². The third-order valence-electron chi connectivity index (χ3n) is 1.65. The summed E-state index contributed by atoms with van der Waals surface area (Å²) in [6.45, 7) is 0. The number of hydrogen-bond acceptors (Lipinski definition) is 1. The Balaban J connectivity index is 2.96. The summed E-state index contributed by atoms with van der Waals surface area (Å²) < 4.78 is 38.4. The highest BCUT2D eigenvalue weighted by atomic mass is 35.5. The van der Waals surface area contributed by atoms with E-state index in [1.165, 1.54) is 5.38 Å². The first-order chi connectivity index (χ1) is 6.11. The third kappa shape index (κ3) is 1.21. The van der Waals surface area contributed by atoms with Crippen molar-refractivity contribution in [3.8, 4) is 0 Å². The molecule has 0 fully saturated rings. The van der Waals surface area contributed by atoms with Crippen LogP contribution in [0.5, 0.6) is 0 Å². The standard InChI is InChI=1S/C8H2ClF3S/c9-4-2-13-8-3(4)1-5(10)6(11)7(8)12/h1-2H. The van der Waals surface area contributed by atoms with Gasteiger partial charge in [-0.1, -0.05) is 11.6 Å². The average molecular weight is 223 g/mol. The summed E-state index contributed by atoms with van der Waals surface area (Å²) in [6.07, 6.45) is 0. The Morgan fingerprint density at radius 1 is 1.15 bits per heavy atom. The smallest absolute Gasteiger partial charge is 0.195 e. The molecule has 0 aliphatic rings. The second-order valence-corrected chi connectivity index (χ2v) is 3.73. The first kappa shape index (κ1) is 8.84. The van der Waals surface area contributed by atoms with Crippen LogP contribution >= 0.6 is 22.9 Å². The normalized spacial score (nSPS) is 11.1. The summed E-state index contributed by atoms with van der Waals surface area (Å²) in [5.41, 5.74) is 0. The van der Waals surface area contributed by atoms with E-state index in [2.05, 4.69) is 0 Å². The molecule has 5 heteroatoms. The molecular formula is C8H2ClF3S. The molecule has 68 valence electrons. The second kappa shape index (κ2) is 2.89. The van der Waals surface area contributed by atoms with Crippen LogP contribution in [0.15, 0.2) is 11.4 Å². The van der Waals surface area contributed by atoms with Crippen molar-refractivity contribution >= 4 is 33.0 Å². The van der Waals surface area contributed by atoms with Gasteiger partial charge in [0.1, 0.15) is 0 Å². The Kier molecular flexibility index (Phi) is 1.96. The largest absolute Gasteiger partial charge is 0.204 e. The Morgan fingerprint density at radius 3 is 2.54 bits per heavy atom. The molecule has 0 saturated carbocycles. The van der Waals surface area contributed by atoms with Crippen molar-refractivity contribution in [1.82, 2.24) is 0 Å². The van der Waals surface area contributed by atoms with Gasteiger partial charge in [0.15, 0.2) is 17.5 Å². The molecule has 0 spiro atoms. The lowest BCUT2D eigenvalue weighted by molar-refractivity contribution is 0.454. The van der Waals surface area contributed by atoms with E-state index in [1.807, 2.05) is 0 Å². The molecule has 0 unspecified atom stereocenters. The van der Waals surface area contributed by atoms with Crippen LogP contribution in [0.3, 0.4) is 0 Å². The van der Waals surface area contributed by atoms with Crippen LogP contribution in [-0.4, -0.2) is 0 Å². The molecule has 2 rings (SSSR count). The number of fused-ring (bicyclic) bond motifs is 1. The Bertz CT molecular complexity index is 478. The van der Waals surface area contributed by atoms with Gasteiger partial charge in [-0.3, -0.25) is 0 Å². The molecule has 2 aromatic rings.